The first-order valence-electron chi connectivity index (χ1n) is 6.02. The van der Waals surface area contributed by atoms with Gasteiger partial charge >= 0.3 is 0 Å². The maximum Gasteiger partial charge on any atom is 0.240 e. The fraction of sp³-hybridized carbons (Fsp3) is 0.308. The van der Waals surface area contributed by atoms with E-state index >= 15 is 0 Å². The van der Waals surface area contributed by atoms with E-state index in [1.54, 1.807) is 12.3 Å². The summed E-state index contributed by atoms with van der Waals surface area (Å²) in [5, 5.41) is 2.83. The van der Waals surface area contributed by atoms with Gasteiger partial charge in [0.25, 0.3) is 0 Å². The summed E-state index contributed by atoms with van der Waals surface area (Å²) in [4.78, 5) is 22.0. The monoisotopic (exact) mass is 259 g/mol. The van der Waals surface area contributed by atoms with Gasteiger partial charge < -0.3 is 14.8 Å². The van der Waals surface area contributed by atoms with E-state index in [2.05, 4.69) is 15.3 Å². The minimum Gasteiger partial charge on any atom is -0.349 e. The third-order valence-corrected chi connectivity index (χ3v) is 2.56. The molecule has 0 atom stereocenters. The molecule has 6 nitrogen and oxygen atoms in total. The summed E-state index contributed by atoms with van der Waals surface area (Å²) in [6.07, 6.45) is 5.40. The molecule has 19 heavy (non-hydrogen) atoms. The van der Waals surface area contributed by atoms with Crippen LogP contribution in [0.4, 0.5) is 5.95 Å². The summed E-state index contributed by atoms with van der Waals surface area (Å²) in [6, 6.07) is 5.57. The van der Waals surface area contributed by atoms with Crippen LogP contribution < -0.4 is 10.2 Å². The number of rotatable bonds is 5. The average Bonchev–Trinajstić information content (AvgIpc) is 2.89. The van der Waals surface area contributed by atoms with E-state index in [0.29, 0.717) is 19.0 Å². The first-order valence-corrected chi connectivity index (χ1v) is 6.02. The van der Waals surface area contributed by atoms with Crippen molar-refractivity contribution >= 4 is 11.9 Å². The predicted octanol–water partition coefficient (Wildman–Crippen LogP) is 0.660. The average molecular weight is 259 g/mol. The van der Waals surface area contributed by atoms with Crippen LogP contribution in [0.3, 0.4) is 0 Å². The van der Waals surface area contributed by atoms with E-state index in [4.69, 9.17) is 0 Å². The van der Waals surface area contributed by atoms with Gasteiger partial charge in [-0.2, -0.15) is 0 Å². The highest BCUT2D eigenvalue weighted by molar-refractivity contribution is 5.75. The van der Waals surface area contributed by atoms with Gasteiger partial charge in [0.2, 0.25) is 11.9 Å². The van der Waals surface area contributed by atoms with Crippen molar-refractivity contribution in [3.05, 3.63) is 42.5 Å². The van der Waals surface area contributed by atoms with Gasteiger partial charge in [0.15, 0.2) is 0 Å². The van der Waals surface area contributed by atoms with Gasteiger partial charge in [0.1, 0.15) is 6.54 Å². The van der Waals surface area contributed by atoms with Crippen molar-refractivity contribution < 1.29 is 4.79 Å². The second kappa shape index (κ2) is 5.99. The maximum absolute atomic E-state index is 11.7. The van der Waals surface area contributed by atoms with Crippen LogP contribution in [0.1, 0.15) is 5.69 Å². The van der Waals surface area contributed by atoms with Gasteiger partial charge in [-0.15, -0.1) is 0 Å². The number of hydrogen-bond acceptors (Lipinski definition) is 4. The highest BCUT2D eigenvalue weighted by Gasteiger charge is 2.04. The molecule has 0 aliphatic heterocycles. The molecule has 2 aromatic heterocycles. The molecule has 2 rings (SSSR count). The molecule has 0 bridgehead atoms. The SMILES string of the molecule is CN(C)c1nccc(CNC(=O)Cn2cccc2)n1. The van der Waals surface area contributed by atoms with Crippen molar-refractivity contribution in [3.63, 3.8) is 0 Å². The molecular formula is C13H17N5O. The van der Waals surface area contributed by atoms with Crippen LogP contribution >= 0.6 is 0 Å². The van der Waals surface area contributed by atoms with Crippen molar-refractivity contribution in [3.8, 4) is 0 Å². The quantitative estimate of drug-likeness (QED) is 0.857. The highest BCUT2D eigenvalue weighted by atomic mass is 16.1. The van der Waals surface area contributed by atoms with Crippen molar-refractivity contribution in [2.45, 2.75) is 13.1 Å². The van der Waals surface area contributed by atoms with E-state index in [0.717, 1.165) is 5.69 Å². The third-order valence-electron chi connectivity index (χ3n) is 2.56. The van der Waals surface area contributed by atoms with E-state index in [1.165, 1.54) is 0 Å². The number of hydrogen-bond donors (Lipinski definition) is 1. The molecule has 0 saturated carbocycles. The molecular weight excluding hydrogens is 242 g/mol. The molecule has 0 radical (unpaired) electrons. The molecule has 6 heteroatoms. The smallest absolute Gasteiger partial charge is 0.240 e. The molecule has 0 aliphatic rings. The minimum atomic E-state index is -0.0405. The minimum absolute atomic E-state index is 0.0405. The van der Waals surface area contributed by atoms with Crippen molar-refractivity contribution in [1.82, 2.24) is 19.9 Å². The van der Waals surface area contributed by atoms with Crippen molar-refractivity contribution in [2.24, 2.45) is 0 Å². The van der Waals surface area contributed by atoms with Crippen LogP contribution in [0.15, 0.2) is 36.8 Å². The van der Waals surface area contributed by atoms with Crippen LogP contribution in [0, 0.1) is 0 Å². The van der Waals surface area contributed by atoms with Crippen molar-refractivity contribution in [1.29, 1.82) is 0 Å². The molecule has 2 heterocycles. The maximum atomic E-state index is 11.7. The van der Waals surface area contributed by atoms with Crippen LogP contribution in [-0.4, -0.2) is 34.5 Å². The van der Waals surface area contributed by atoms with Crippen molar-refractivity contribution in [2.75, 3.05) is 19.0 Å². The summed E-state index contributed by atoms with van der Waals surface area (Å²) < 4.78 is 1.82. The Labute approximate surface area is 112 Å². The lowest BCUT2D eigenvalue weighted by atomic mass is 10.4. The number of amides is 1. The number of nitrogens with zero attached hydrogens (tertiary/aromatic N) is 4. The van der Waals surface area contributed by atoms with Crippen LogP contribution in [-0.2, 0) is 17.9 Å². The molecule has 0 aliphatic carbocycles. The normalized spacial score (nSPS) is 10.2. The first-order chi connectivity index (χ1) is 9.15. The van der Waals surface area contributed by atoms with E-state index in [-0.39, 0.29) is 5.91 Å². The summed E-state index contributed by atoms with van der Waals surface area (Å²) in [5.41, 5.74) is 0.791. The number of nitrogens with one attached hydrogen (secondary N) is 1. The second-order valence-electron chi connectivity index (χ2n) is 4.37. The van der Waals surface area contributed by atoms with E-state index in [1.807, 2.05) is 48.1 Å². The predicted molar refractivity (Wildman–Crippen MR) is 72.6 cm³/mol. The molecule has 1 amide bonds. The topological polar surface area (TPSA) is 63.1 Å². The number of carbonyl (C=O) groups is 1. The van der Waals surface area contributed by atoms with Crippen LogP contribution in [0.5, 0.6) is 0 Å². The number of aromatic nitrogens is 3. The van der Waals surface area contributed by atoms with Crippen LogP contribution in [0.25, 0.3) is 0 Å². The molecule has 0 fully saturated rings. The molecule has 0 aromatic carbocycles. The lowest BCUT2D eigenvalue weighted by Crippen LogP contribution is -2.27. The summed E-state index contributed by atoms with van der Waals surface area (Å²) in [6.45, 7) is 0.724. The Kier molecular flexibility index (Phi) is 4.12. The highest BCUT2D eigenvalue weighted by Crippen LogP contribution is 2.03. The zero-order valence-electron chi connectivity index (χ0n) is 11.1. The van der Waals surface area contributed by atoms with Gasteiger partial charge in [-0.25, -0.2) is 9.97 Å². The second-order valence-corrected chi connectivity index (χ2v) is 4.37. The molecule has 0 unspecified atom stereocenters. The van der Waals surface area contributed by atoms with Gasteiger partial charge in [-0.1, -0.05) is 0 Å². The first kappa shape index (κ1) is 13.1. The zero-order chi connectivity index (χ0) is 13.7. The fourth-order valence-electron chi connectivity index (χ4n) is 1.58. The Morgan fingerprint density at radius 3 is 2.79 bits per heavy atom. The molecule has 100 valence electrons. The number of anilines is 1. The largest absolute Gasteiger partial charge is 0.349 e. The zero-order valence-corrected chi connectivity index (χ0v) is 11.1. The van der Waals surface area contributed by atoms with E-state index in [9.17, 15) is 4.79 Å². The lowest BCUT2D eigenvalue weighted by molar-refractivity contribution is -0.121. The van der Waals surface area contributed by atoms with Gasteiger partial charge in [0.05, 0.1) is 12.2 Å². The summed E-state index contributed by atoms with van der Waals surface area (Å²) >= 11 is 0. The standard InChI is InChI=1S/C13H17N5O/c1-17(2)13-14-6-5-11(16-13)9-15-12(19)10-18-7-3-4-8-18/h3-8H,9-10H2,1-2H3,(H,15,19). The summed E-state index contributed by atoms with van der Waals surface area (Å²) in [7, 11) is 3.76. The third kappa shape index (κ3) is 3.80. The molecule has 1 N–H and O–H groups in total. The summed E-state index contributed by atoms with van der Waals surface area (Å²) in [5.74, 6) is 0.596. The van der Waals surface area contributed by atoms with Crippen LogP contribution in [0.2, 0.25) is 0 Å². The Balaban J connectivity index is 1.88. The Morgan fingerprint density at radius 1 is 1.37 bits per heavy atom. The fourth-order valence-corrected chi connectivity index (χ4v) is 1.58. The molecule has 0 spiro atoms. The van der Waals surface area contributed by atoms with Gasteiger partial charge in [-0.05, 0) is 18.2 Å². The Hall–Kier alpha value is -2.37. The lowest BCUT2D eigenvalue weighted by Gasteiger charge is -2.11. The molecule has 0 saturated heterocycles. The number of carbonyl (C=O) groups excluding carboxylic acids is 1. The van der Waals surface area contributed by atoms with Gasteiger partial charge in [0, 0.05) is 32.7 Å². The Morgan fingerprint density at radius 2 is 2.11 bits per heavy atom. The molecule has 2 aromatic rings. The van der Waals surface area contributed by atoms with E-state index < -0.39 is 0 Å². The van der Waals surface area contributed by atoms with Gasteiger partial charge in [-0.3, -0.25) is 4.79 Å². The Bertz CT molecular complexity index is 536.